The van der Waals surface area contributed by atoms with Crippen molar-refractivity contribution < 1.29 is 0 Å². The maximum Gasteiger partial charge on any atom is 0.0594 e. The van der Waals surface area contributed by atoms with Crippen molar-refractivity contribution >= 4 is 58.2 Å². The van der Waals surface area contributed by atoms with Crippen molar-refractivity contribution in [3.8, 4) is 0 Å². The average molecular weight is 727 g/mol. The molecule has 0 saturated carbocycles. The molecule has 0 atom stereocenters. The van der Waals surface area contributed by atoms with Crippen molar-refractivity contribution in [1.82, 2.24) is 0 Å². The van der Waals surface area contributed by atoms with Gasteiger partial charge in [0.05, 0.1) is 24.6 Å². The predicted octanol–water partition coefficient (Wildman–Crippen LogP) is 14.2. The standard InChI is InChI=1S/C32H68P.3BrH/c1-5-9-13-17-18-19-20-21-22-23-24-28-32-33(29-25-14-10-6-2,30-26-15-11-7-3)31-27-16-12-8-4;;;/h5-32H2,1-4H3;3*1H/q+1;;;. The molecule has 0 unspecified atom stereocenters. The second-order valence-corrected chi connectivity index (χ2v) is 15.8. The number of rotatable bonds is 28. The lowest BCUT2D eigenvalue weighted by Crippen LogP contribution is -2.13. The average Bonchev–Trinajstić information content (AvgIpc) is 2.83. The van der Waals surface area contributed by atoms with Crippen molar-refractivity contribution in [1.29, 1.82) is 0 Å². The van der Waals surface area contributed by atoms with Gasteiger partial charge in [-0.1, -0.05) is 130 Å². The van der Waals surface area contributed by atoms with E-state index in [1.54, 1.807) is 50.3 Å². The van der Waals surface area contributed by atoms with Crippen LogP contribution in [-0.2, 0) is 0 Å². The van der Waals surface area contributed by atoms with Gasteiger partial charge in [0.1, 0.15) is 0 Å². The Morgan fingerprint density at radius 1 is 0.250 bits per heavy atom. The molecule has 0 aromatic carbocycles. The van der Waals surface area contributed by atoms with Gasteiger partial charge >= 0.3 is 0 Å². The second kappa shape index (κ2) is 36.9. The van der Waals surface area contributed by atoms with E-state index in [0.29, 0.717) is 0 Å². The largest absolute Gasteiger partial charge is 0.114 e. The van der Waals surface area contributed by atoms with Crippen molar-refractivity contribution in [3.63, 3.8) is 0 Å². The van der Waals surface area contributed by atoms with E-state index >= 15 is 0 Å². The van der Waals surface area contributed by atoms with Crippen LogP contribution < -0.4 is 0 Å². The van der Waals surface area contributed by atoms with Crippen molar-refractivity contribution in [2.45, 2.75) is 182 Å². The Morgan fingerprint density at radius 2 is 0.417 bits per heavy atom. The minimum absolute atomic E-state index is 0. The van der Waals surface area contributed by atoms with Gasteiger partial charge < -0.3 is 0 Å². The van der Waals surface area contributed by atoms with Crippen molar-refractivity contribution in [2.75, 3.05) is 24.6 Å². The highest BCUT2D eigenvalue weighted by Crippen LogP contribution is 2.61. The smallest absolute Gasteiger partial charge is 0.0594 e. The van der Waals surface area contributed by atoms with Gasteiger partial charge in [-0.2, -0.15) is 0 Å². The molecule has 224 valence electrons. The van der Waals surface area contributed by atoms with Crippen LogP contribution in [0.15, 0.2) is 0 Å². The normalized spacial score (nSPS) is 11.0. The zero-order valence-electron chi connectivity index (χ0n) is 25.5. The first-order valence-electron chi connectivity index (χ1n) is 16.1. The number of hydrogen-bond acceptors (Lipinski definition) is 0. The van der Waals surface area contributed by atoms with E-state index in [1.165, 1.54) is 128 Å². The molecule has 0 aliphatic heterocycles. The fraction of sp³-hybridized carbons (Fsp3) is 1.00. The summed E-state index contributed by atoms with van der Waals surface area (Å²) in [7, 11) is -0.697. The van der Waals surface area contributed by atoms with Gasteiger partial charge in [-0.25, -0.2) is 0 Å². The molecule has 0 saturated heterocycles. The zero-order valence-corrected chi connectivity index (χ0v) is 31.5. The van der Waals surface area contributed by atoms with E-state index in [2.05, 4.69) is 27.7 Å². The van der Waals surface area contributed by atoms with Gasteiger partial charge in [0.2, 0.25) is 0 Å². The lowest BCUT2D eigenvalue weighted by Gasteiger charge is -2.28. The fourth-order valence-corrected chi connectivity index (χ4v) is 10.5. The van der Waals surface area contributed by atoms with Gasteiger partial charge in [-0.15, -0.1) is 50.9 Å². The number of unbranched alkanes of at least 4 members (excludes halogenated alkanes) is 20. The first-order chi connectivity index (χ1) is 16.2. The molecular formula is C32H71Br3P+. The first kappa shape index (κ1) is 44.9. The van der Waals surface area contributed by atoms with Gasteiger partial charge in [-0.05, 0) is 51.4 Å². The summed E-state index contributed by atoms with van der Waals surface area (Å²) in [5.41, 5.74) is 0. The maximum atomic E-state index is 2.37. The molecule has 0 heterocycles. The molecule has 4 heteroatoms. The van der Waals surface area contributed by atoms with Crippen molar-refractivity contribution in [2.24, 2.45) is 0 Å². The van der Waals surface area contributed by atoms with Gasteiger partial charge in [0, 0.05) is 7.26 Å². The van der Waals surface area contributed by atoms with Gasteiger partial charge in [0.15, 0.2) is 0 Å². The summed E-state index contributed by atoms with van der Waals surface area (Å²) in [6.45, 7) is 9.41. The molecule has 0 aliphatic carbocycles. The molecule has 0 N–H and O–H groups in total. The summed E-state index contributed by atoms with van der Waals surface area (Å²) in [6.07, 6.45) is 42.1. The number of hydrogen-bond donors (Lipinski definition) is 0. The summed E-state index contributed by atoms with van der Waals surface area (Å²) in [5.74, 6) is 0. The van der Waals surface area contributed by atoms with Crippen LogP contribution >= 0.6 is 58.2 Å². The Balaban J connectivity index is -0.00000171. The van der Waals surface area contributed by atoms with Crippen LogP contribution in [0.25, 0.3) is 0 Å². The highest BCUT2D eigenvalue weighted by Gasteiger charge is 2.34. The van der Waals surface area contributed by atoms with Gasteiger partial charge in [-0.3, -0.25) is 0 Å². The maximum absolute atomic E-state index is 2.37. The summed E-state index contributed by atoms with van der Waals surface area (Å²) < 4.78 is 0. The van der Waals surface area contributed by atoms with Crippen LogP contribution in [0.1, 0.15) is 182 Å². The van der Waals surface area contributed by atoms with Crippen LogP contribution in [0.3, 0.4) is 0 Å². The highest BCUT2D eigenvalue weighted by molar-refractivity contribution is 8.93. The van der Waals surface area contributed by atoms with E-state index < -0.39 is 7.26 Å². The second-order valence-electron chi connectivity index (χ2n) is 11.3. The van der Waals surface area contributed by atoms with E-state index in [9.17, 15) is 0 Å². The topological polar surface area (TPSA) is 0 Å². The minimum Gasteiger partial charge on any atom is -0.114 e. The predicted molar refractivity (Wildman–Crippen MR) is 191 cm³/mol. The van der Waals surface area contributed by atoms with E-state index in [4.69, 9.17) is 0 Å². The van der Waals surface area contributed by atoms with E-state index in [0.717, 1.165) is 0 Å². The molecule has 0 bridgehead atoms. The van der Waals surface area contributed by atoms with Crippen LogP contribution in [0.2, 0.25) is 0 Å². The Kier molecular flexibility index (Phi) is 46.0. The van der Waals surface area contributed by atoms with E-state index in [1.807, 2.05) is 0 Å². The Morgan fingerprint density at radius 3 is 0.639 bits per heavy atom. The summed E-state index contributed by atoms with van der Waals surface area (Å²) in [6, 6.07) is 0. The highest BCUT2D eigenvalue weighted by atomic mass is 79.9. The lowest BCUT2D eigenvalue weighted by molar-refractivity contribution is 0.548. The molecular weight excluding hydrogens is 655 g/mol. The summed E-state index contributed by atoms with van der Waals surface area (Å²) in [4.78, 5) is 0. The Labute approximate surface area is 263 Å². The zero-order chi connectivity index (χ0) is 24.3. The lowest BCUT2D eigenvalue weighted by atomic mass is 10.1. The third-order valence-electron chi connectivity index (χ3n) is 7.94. The van der Waals surface area contributed by atoms with Crippen molar-refractivity contribution in [3.05, 3.63) is 0 Å². The van der Waals surface area contributed by atoms with Crippen LogP contribution in [-0.4, -0.2) is 24.6 Å². The van der Waals surface area contributed by atoms with Crippen LogP contribution in [0.5, 0.6) is 0 Å². The summed E-state index contributed by atoms with van der Waals surface area (Å²) >= 11 is 0. The Hall–Kier alpha value is 1.87. The minimum atomic E-state index is -0.697. The monoisotopic (exact) mass is 723 g/mol. The van der Waals surface area contributed by atoms with Crippen LogP contribution in [0.4, 0.5) is 0 Å². The SMILES string of the molecule is Br.Br.Br.CCCCCCCCCCCCCC[P+](CCCCCC)(CCCCCC)CCCCCC. The number of halogens is 3. The first-order valence-corrected chi connectivity index (χ1v) is 18.6. The summed E-state index contributed by atoms with van der Waals surface area (Å²) in [5, 5.41) is 0. The van der Waals surface area contributed by atoms with Gasteiger partial charge in [0.25, 0.3) is 0 Å². The molecule has 0 fully saturated rings. The molecule has 0 amide bonds. The third-order valence-corrected chi connectivity index (χ3v) is 13.0. The molecule has 0 nitrogen and oxygen atoms in total. The van der Waals surface area contributed by atoms with E-state index in [-0.39, 0.29) is 50.9 Å². The molecule has 0 spiro atoms. The fourth-order valence-electron chi connectivity index (χ4n) is 5.58. The molecule has 36 heavy (non-hydrogen) atoms. The quantitative estimate of drug-likeness (QED) is 0.0556. The Bertz CT molecular complexity index is 334. The molecule has 0 aliphatic rings. The molecule has 0 aromatic heterocycles. The molecule has 0 radical (unpaired) electrons. The van der Waals surface area contributed by atoms with Crippen LogP contribution in [0, 0.1) is 0 Å². The third kappa shape index (κ3) is 30.4. The molecule has 0 rings (SSSR count). The molecule has 0 aromatic rings.